The Morgan fingerprint density at radius 2 is 1.84 bits per heavy atom. The Kier molecular flexibility index (Phi) is 6.95. The van der Waals surface area contributed by atoms with Gasteiger partial charge in [-0.3, -0.25) is 9.78 Å². The summed E-state index contributed by atoms with van der Waals surface area (Å²) in [6, 6.07) is 8.52. The van der Waals surface area contributed by atoms with E-state index < -0.39 is 0 Å². The molecule has 1 saturated heterocycles. The molecule has 0 N–H and O–H groups in total. The van der Waals surface area contributed by atoms with Gasteiger partial charge in [0.15, 0.2) is 0 Å². The first kappa shape index (κ1) is 22.5. The predicted molar refractivity (Wildman–Crippen MR) is 133 cm³/mol. The van der Waals surface area contributed by atoms with Crippen LogP contribution in [0.1, 0.15) is 61.1 Å². The first-order chi connectivity index (χ1) is 15.5. The molecule has 1 aliphatic carbocycles. The molecule has 0 atom stereocenters. The summed E-state index contributed by atoms with van der Waals surface area (Å²) in [5.74, 6) is 0.211. The second-order valence-corrected chi connectivity index (χ2v) is 9.16. The monoisotopic (exact) mass is 446 g/mol. The predicted octanol–water partition coefficient (Wildman–Crippen LogP) is 6.48. The highest BCUT2D eigenvalue weighted by molar-refractivity contribution is 6.30. The highest BCUT2D eigenvalue weighted by Crippen LogP contribution is 2.38. The number of amides is 1. The average molecular weight is 447 g/mol. The molecule has 0 bridgehead atoms. The van der Waals surface area contributed by atoms with Crippen molar-refractivity contribution >= 4 is 23.1 Å². The number of nitrogens with zero attached hydrogens (tertiary/aromatic N) is 2. The molecule has 1 aromatic carbocycles. The van der Waals surface area contributed by atoms with Crippen LogP contribution in [-0.2, 0) is 17.6 Å². The van der Waals surface area contributed by atoms with Crippen LogP contribution in [-0.4, -0.2) is 28.9 Å². The van der Waals surface area contributed by atoms with Crippen LogP contribution >= 0.6 is 11.6 Å². The van der Waals surface area contributed by atoms with Crippen molar-refractivity contribution in [3.8, 4) is 0 Å². The van der Waals surface area contributed by atoms with Crippen LogP contribution in [0, 0.1) is 6.92 Å². The first-order valence-corrected chi connectivity index (χ1v) is 11.9. The van der Waals surface area contributed by atoms with E-state index in [9.17, 15) is 4.79 Å². The molecule has 3 nitrogen and oxygen atoms in total. The molecule has 1 fully saturated rings. The zero-order valence-electron chi connectivity index (χ0n) is 19.2. The molecule has 2 aromatic rings. The molecule has 2 heterocycles. The summed E-state index contributed by atoms with van der Waals surface area (Å²) in [6.45, 7) is 7.59. The van der Waals surface area contributed by atoms with Gasteiger partial charge in [0.05, 0.1) is 12.1 Å². The van der Waals surface area contributed by atoms with Crippen LogP contribution in [0.3, 0.4) is 0 Å². The van der Waals surface area contributed by atoms with E-state index in [1.54, 1.807) is 0 Å². The third kappa shape index (κ3) is 4.73. The number of halogens is 1. The standard InChI is InChI=1S/C28H31ClN2O/c1-4-6-20(5-2)16-26(32)31-13-11-21(12-14-31)27-25-10-9-24(29)17-22(25)7-8-23-15-19(3)18-30-28(23)27/h4-6,9-10,15,17-18H,7-8,11-14,16H2,1-3H3/b6-4-,20-5+. The third-order valence-corrected chi connectivity index (χ3v) is 6.76. The molecular formula is C28H31ClN2O. The maximum atomic E-state index is 12.9. The Balaban J connectivity index is 1.66. The molecule has 166 valence electrons. The quantitative estimate of drug-likeness (QED) is 0.505. The van der Waals surface area contributed by atoms with E-state index in [0.717, 1.165) is 55.1 Å². The van der Waals surface area contributed by atoms with E-state index in [2.05, 4.69) is 25.1 Å². The topological polar surface area (TPSA) is 33.2 Å². The van der Waals surface area contributed by atoms with Gasteiger partial charge < -0.3 is 4.90 Å². The number of hydrogen-bond acceptors (Lipinski definition) is 2. The number of aryl methyl sites for hydroxylation is 3. The van der Waals surface area contributed by atoms with Gasteiger partial charge >= 0.3 is 0 Å². The second kappa shape index (κ2) is 9.87. The van der Waals surface area contributed by atoms with Crippen molar-refractivity contribution in [2.75, 3.05) is 13.1 Å². The third-order valence-electron chi connectivity index (χ3n) is 6.52. The summed E-state index contributed by atoms with van der Waals surface area (Å²) < 4.78 is 0. The van der Waals surface area contributed by atoms with Gasteiger partial charge in [-0.05, 0) is 86.4 Å². The van der Waals surface area contributed by atoms with Crippen LogP contribution in [0.15, 0.2) is 59.8 Å². The minimum absolute atomic E-state index is 0.211. The minimum Gasteiger partial charge on any atom is -0.342 e. The molecule has 4 heteroatoms. The Morgan fingerprint density at radius 1 is 1.09 bits per heavy atom. The average Bonchev–Trinajstić information content (AvgIpc) is 2.95. The van der Waals surface area contributed by atoms with E-state index in [0.29, 0.717) is 6.42 Å². The van der Waals surface area contributed by atoms with Crippen LogP contribution in [0.4, 0.5) is 0 Å². The summed E-state index contributed by atoms with van der Waals surface area (Å²) in [5, 5.41) is 0.782. The lowest BCUT2D eigenvalue weighted by molar-refractivity contribution is -0.130. The van der Waals surface area contributed by atoms with Crippen LogP contribution in [0.5, 0.6) is 0 Å². The minimum atomic E-state index is 0.211. The fourth-order valence-electron chi connectivity index (χ4n) is 4.85. The van der Waals surface area contributed by atoms with Crippen molar-refractivity contribution in [1.29, 1.82) is 0 Å². The van der Waals surface area contributed by atoms with E-state index in [4.69, 9.17) is 16.6 Å². The molecule has 0 saturated carbocycles. The SMILES string of the molecule is C/C=C\C(=C/C)CC(=O)N1CCC(=C2c3ccc(Cl)cc3CCc3cc(C)cnc32)CC1. The number of carbonyl (C=O) groups is 1. The molecule has 1 aromatic heterocycles. The number of hydrogen-bond donors (Lipinski definition) is 0. The lowest BCUT2D eigenvalue weighted by atomic mass is 9.88. The van der Waals surface area contributed by atoms with Gasteiger partial charge in [-0.2, -0.15) is 0 Å². The van der Waals surface area contributed by atoms with Gasteiger partial charge in [0.2, 0.25) is 5.91 Å². The van der Waals surface area contributed by atoms with Gasteiger partial charge in [-0.1, -0.05) is 47.5 Å². The first-order valence-electron chi connectivity index (χ1n) is 11.5. The van der Waals surface area contributed by atoms with Crippen molar-refractivity contribution in [3.05, 3.63) is 92.8 Å². The van der Waals surface area contributed by atoms with Crippen molar-refractivity contribution in [2.24, 2.45) is 0 Å². The number of likely N-dealkylation sites (tertiary alicyclic amines) is 1. The molecule has 4 rings (SSSR count). The van der Waals surface area contributed by atoms with Crippen LogP contribution < -0.4 is 0 Å². The van der Waals surface area contributed by atoms with Gasteiger partial charge in [0, 0.05) is 29.9 Å². The van der Waals surface area contributed by atoms with Crippen molar-refractivity contribution in [1.82, 2.24) is 9.88 Å². The van der Waals surface area contributed by atoms with E-state index >= 15 is 0 Å². The second-order valence-electron chi connectivity index (χ2n) is 8.72. The smallest absolute Gasteiger partial charge is 0.226 e. The molecule has 32 heavy (non-hydrogen) atoms. The molecular weight excluding hydrogens is 416 g/mol. The summed E-state index contributed by atoms with van der Waals surface area (Å²) in [4.78, 5) is 19.8. The maximum Gasteiger partial charge on any atom is 0.226 e. The summed E-state index contributed by atoms with van der Waals surface area (Å²) in [6.07, 6.45) is 12.2. The normalized spacial score (nSPS) is 16.8. The summed E-state index contributed by atoms with van der Waals surface area (Å²) in [7, 11) is 0. The number of aromatic nitrogens is 1. The summed E-state index contributed by atoms with van der Waals surface area (Å²) in [5.41, 5.74) is 9.89. The molecule has 1 amide bonds. The molecule has 0 unspecified atom stereocenters. The fourth-order valence-corrected chi connectivity index (χ4v) is 5.04. The highest BCUT2D eigenvalue weighted by Gasteiger charge is 2.26. The number of benzene rings is 1. The van der Waals surface area contributed by atoms with Crippen LogP contribution in [0.2, 0.25) is 5.02 Å². The van der Waals surface area contributed by atoms with Crippen molar-refractivity contribution in [3.63, 3.8) is 0 Å². The van der Waals surface area contributed by atoms with E-state index in [1.165, 1.54) is 33.4 Å². The summed E-state index contributed by atoms with van der Waals surface area (Å²) >= 11 is 6.34. The number of carbonyl (C=O) groups excluding carboxylic acids is 1. The Labute approximate surface area is 196 Å². The van der Waals surface area contributed by atoms with Crippen molar-refractivity contribution < 1.29 is 4.79 Å². The zero-order chi connectivity index (χ0) is 22.7. The Hall–Kier alpha value is -2.65. The fraction of sp³-hybridized carbons (Fsp3) is 0.357. The van der Waals surface area contributed by atoms with Crippen LogP contribution in [0.25, 0.3) is 5.57 Å². The Morgan fingerprint density at radius 3 is 2.56 bits per heavy atom. The number of allylic oxidation sites excluding steroid dienone is 3. The number of rotatable bonds is 3. The largest absolute Gasteiger partial charge is 0.342 e. The number of fused-ring (bicyclic) bond motifs is 2. The van der Waals surface area contributed by atoms with E-state index in [-0.39, 0.29) is 5.91 Å². The lowest BCUT2D eigenvalue weighted by Crippen LogP contribution is -2.36. The Bertz CT molecular complexity index is 1060. The maximum absolute atomic E-state index is 12.9. The van der Waals surface area contributed by atoms with E-state index in [1.807, 2.05) is 49.2 Å². The van der Waals surface area contributed by atoms with Gasteiger partial charge in [-0.15, -0.1) is 0 Å². The highest BCUT2D eigenvalue weighted by atomic mass is 35.5. The number of pyridine rings is 1. The van der Waals surface area contributed by atoms with Gasteiger partial charge in [0.1, 0.15) is 0 Å². The lowest BCUT2D eigenvalue weighted by Gasteiger charge is -2.30. The van der Waals surface area contributed by atoms with Crippen molar-refractivity contribution in [2.45, 2.75) is 52.9 Å². The molecule has 2 aliphatic rings. The molecule has 0 radical (unpaired) electrons. The van der Waals surface area contributed by atoms with Gasteiger partial charge in [-0.25, -0.2) is 0 Å². The molecule has 0 spiro atoms. The zero-order valence-corrected chi connectivity index (χ0v) is 20.0. The van der Waals surface area contributed by atoms with Gasteiger partial charge in [0.25, 0.3) is 0 Å². The molecule has 1 aliphatic heterocycles. The number of piperidine rings is 1.